The van der Waals surface area contributed by atoms with Gasteiger partial charge in [-0.3, -0.25) is 4.79 Å². The fourth-order valence-electron chi connectivity index (χ4n) is 2.28. The average molecular weight is 329 g/mol. The summed E-state index contributed by atoms with van der Waals surface area (Å²) >= 11 is 1.61. The minimum absolute atomic E-state index is 0.0217. The van der Waals surface area contributed by atoms with Gasteiger partial charge in [0, 0.05) is 5.75 Å². The Hall–Kier alpha value is -2.14. The molecule has 0 saturated carbocycles. The molecule has 1 aliphatic heterocycles. The van der Waals surface area contributed by atoms with E-state index in [1.807, 2.05) is 42.5 Å². The smallest absolute Gasteiger partial charge is 0.230 e. The highest BCUT2D eigenvalue weighted by Gasteiger charge is 2.20. The number of benzene rings is 2. The van der Waals surface area contributed by atoms with E-state index >= 15 is 0 Å². The summed E-state index contributed by atoms with van der Waals surface area (Å²) in [5.41, 5.74) is 1.23. The first-order valence-corrected chi connectivity index (χ1v) is 8.73. The number of amides is 1. The van der Waals surface area contributed by atoms with E-state index in [-0.39, 0.29) is 12.0 Å². The molecule has 0 spiro atoms. The Bertz CT molecular complexity index is 648. The third kappa shape index (κ3) is 4.66. The van der Waals surface area contributed by atoms with Crippen molar-refractivity contribution in [2.75, 3.05) is 18.9 Å². The Balaban J connectivity index is 1.37. The minimum atomic E-state index is -0.145. The van der Waals surface area contributed by atoms with Crippen LogP contribution in [0.5, 0.6) is 11.5 Å². The van der Waals surface area contributed by atoms with E-state index in [0.717, 1.165) is 17.3 Å². The highest BCUT2D eigenvalue weighted by atomic mass is 32.2. The van der Waals surface area contributed by atoms with Gasteiger partial charge in [0.15, 0.2) is 11.5 Å². The minimum Gasteiger partial charge on any atom is -0.486 e. The number of nitrogens with one attached hydrogen (secondary N) is 1. The molecule has 2 aromatic rings. The molecule has 5 heteroatoms. The van der Waals surface area contributed by atoms with Gasteiger partial charge < -0.3 is 14.8 Å². The quantitative estimate of drug-likeness (QED) is 0.885. The molecule has 3 rings (SSSR count). The van der Waals surface area contributed by atoms with Crippen LogP contribution in [-0.4, -0.2) is 30.9 Å². The SMILES string of the molecule is O=C(CSCc1ccccc1)NC[C@H]1COc2ccccc2O1. The van der Waals surface area contributed by atoms with Crippen molar-refractivity contribution in [1.29, 1.82) is 0 Å². The fourth-order valence-corrected chi connectivity index (χ4v) is 3.10. The third-order valence-electron chi connectivity index (χ3n) is 3.44. The van der Waals surface area contributed by atoms with Gasteiger partial charge in [0.25, 0.3) is 0 Å². The van der Waals surface area contributed by atoms with Gasteiger partial charge in [-0.25, -0.2) is 0 Å². The number of hydrogen-bond donors (Lipinski definition) is 1. The Kier molecular flexibility index (Phi) is 5.42. The zero-order valence-corrected chi connectivity index (χ0v) is 13.6. The average Bonchev–Trinajstić information content (AvgIpc) is 2.61. The summed E-state index contributed by atoms with van der Waals surface area (Å²) in [7, 11) is 0. The van der Waals surface area contributed by atoms with Gasteiger partial charge in [-0.2, -0.15) is 0 Å². The molecule has 1 heterocycles. The van der Waals surface area contributed by atoms with Crippen molar-refractivity contribution in [3.8, 4) is 11.5 Å². The molecular weight excluding hydrogens is 310 g/mol. The van der Waals surface area contributed by atoms with Crippen LogP contribution in [0.15, 0.2) is 54.6 Å². The Morgan fingerprint density at radius 2 is 1.83 bits per heavy atom. The molecule has 0 fully saturated rings. The largest absolute Gasteiger partial charge is 0.486 e. The molecule has 0 aromatic heterocycles. The molecule has 1 aliphatic rings. The number of thioether (sulfide) groups is 1. The predicted octanol–water partition coefficient (Wildman–Crippen LogP) is 2.88. The van der Waals surface area contributed by atoms with Crippen LogP contribution >= 0.6 is 11.8 Å². The van der Waals surface area contributed by atoms with Crippen LogP contribution in [0.25, 0.3) is 0 Å². The summed E-state index contributed by atoms with van der Waals surface area (Å²) in [6, 6.07) is 17.7. The van der Waals surface area contributed by atoms with Gasteiger partial charge in [-0.1, -0.05) is 42.5 Å². The van der Waals surface area contributed by atoms with Crippen molar-refractivity contribution in [2.24, 2.45) is 0 Å². The third-order valence-corrected chi connectivity index (χ3v) is 4.44. The molecule has 23 heavy (non-hydrogen) atoms. The van der Waals surface area contributed by atoms with E-state index in [9.17, 15) is 4.79 Å². The zero-order chi connectivity index (χ0) is 15.9. The maximum atomic E-state index is 11.9. The van der Waals surface area contributed by atoms with Crippen molar-refractivity contribution in [1.82, 2.24) is 5.32 Å². The number of fused-ring (bicyclic) bond motifs is 1. The summed E-state index contributed by atoms with van der Waals surface area (Å²) in [6.45, 7) is 0.910. The number of hydrogen-bond acceptors (Lipinski definition) is 4. The summed E-state index contributed by atoms with van der Waals surface area (Å²) in [4.78, 5) is 11.9. The normalized spacial score (nSPS) is 15.9. The second-order valence-corrected chi connectivity index (χ2v) is 6.27. The van der Waals surface area contributed by atoms with Crippen LogP contribution in [0.4, 0.5) is 0 Å². The lowest BCUT2D eigenvalue weighted by atomic mass is 10.2. The molecule has 1 atom stereocenters. The second-order valence-electron chi connectivity index (χ2n) is 5.28. The fraction of sp³-hybridized carbons (Fsp3) is 0.278. The van der Waals surface area contributed by atoms with Crippen molar-refractivity contribution in [3.05, 3.63) is 60.2 Å². The lowest BCUT2D eigenvalue weighted by molar-refractivity contribution is -0.119. The van der Waals surface area contributed by atoms with E-state index in [1.165, 1.54) is 5.56 Å². The number of rotatable bonds is 6. The number of carbonyl (C=O) groups excluding carboxylic acids is 1. The molecule has 0 saturated heterocycles. The van der Waals surface area contributed by atoms with Crippen LogP contribution in [0.1, 0.15) is 5.56 Å². The van der Waals surface area contributed by atoms with Crippen molar-refractivity contribution in [2.45, 2.75) is 11.9 Å². The molecule has 0 bridgehead atoms. The zero-order valence-electron chi connectivity index (χ0n) is 12.7. The standard InChI is InChI=1S/C18H19NO3S/c20-18(13-23-12-14-6-2-1-3-7-14)19-10-15-11-21-16-8-4-5-9-17(16)22-15/h1-9,15H,10-13H2,(H,19,20)/t15-/m0/s1. The van der Waals surface area contributed by atoms with Gasteiger partial charge in [-0.05, 0) is 17.7 Å². The number of carbonyl (C=O) groups is 1. The number of para-hydroxylation sites is 2. The molecule has 4 nitrogen and oxygen atoms in total. The first-order valence-electron chi connectivity index (χ1n) is 7.58. The Morgan fingerprint density at radius 3 is 2.65 bits per heavy atom. The van der Waals surface area contributed by atoms with E-state index in [4.69, 9.17) is 9.47 Å². The first-order chi connectivity index (χ1) is 11.3. The molecular formula is C18H19NO3S. The molecule has 0 radical (unpaired) electrons. The van der Waals surface area contributed by atoms with Gasteiger partial charge >= 0.3 is 0 Å². The molecule has 0 aliphatic carbocycles. The number of ether oxygens (including phenoxy) is 2. The van der Waals surface area contributed by atoms with Crippen LogP contribution in [-0.2, 0) is 10.5 Å². The summed E-state index contributed by atoms with van der Waals surface area (Å²) < 4.78 is 11.4. The van der Waals surface area contributed by atoms with E-state index in [0.29, 0.717) is 18.9 Å². The monoisotopic (exact) mass is 329 g/mol. The van der Waals surface area contributed by atoms with E-state index in [1.54, 1.807) is 11.8 Å². The molecule has 1 amide bonds. The van der Waals surface area contributed by atoms with Crippen LogP contribution in [0.3, 0.4) is 0 Å². The Labute approximate surface area is 140 Å². The van der Waals surface area contributed by atoms with Crippen molar-refractivity contribution in [3.63, 3.8) is 0 Å². The van der Waals surface area contributed by atoms with Crippen molar-refractivity contribution >= 4 is 17.7 Å². The van der Waals surface area contributed by atoms with Gasteiger partial charge in [-0.15, -0.1) is 11.8 Å². The Morgan fingerprint density at radius 1 is 1.09 bits per heavy atom. The molecule has 120 valence electrons. The molecule has 0 unspecified atom stereocenters. The van der Waals surface area contributed by atoms with Crippen LogP contribution in [0, 0.1) is 0 Å². The lowest BCUT2D eigenvalue weighted by Gasteiger charge is -2.26. The molecule has 1 N–H and O–H groups in total. The highest BCUT2D eigenvalue weighted by molar-refractivity contribution is 7.99. The summed E-state index contributed by atoms with van der Waals surface area (Å²) in [6.07, 6.45) is -0.145. The van der Waals surface area contributed by atoms with Crippen molar-refractivity contribution < 1.29 is 14.3 Å². The van der Waals surface area contributed by atoms with Gasteiger partial charge in [0.1, 0.15) is 12.7 Å². The van der Waals surface area contributed by atoms with Gasteiger partial charge in [0.05, 0.1) is 12.3 Å². The second kappa shape index (κ2) is 7.92. The maximum absolute atomic E-state index is 11.9. The lowest BCUT2D eigenvalue weighted by Crippen LogP contribution is -2.41. The summed E-state index contributed by atoms with van der Waals surface area (Å²) in [5, 5.41) is 2.90. The maximum Gasteiger partial charge on any atom is 0.230 e. The van der Waals surface area contributed by atoms with E-state index in [2.05, 4.69) is 17.4 Å². The topological polar surface area (TPSA) is 47.6 Å². The van der Waals surface area contributed by atoms with Crippen LogP contribution < -0.4 is 14.8 Å². The molecule has 2 aromatic carbocycles. The first kappa shape index (κ1) is 15.7. The highest BCUT2D eigenvalue weighted by Crippen LogP contribution is 2.30. The summed E-state index contributed by atoms with van der Waals surface area (Å²) in [5.74, 6) is 2.79. The van der Waals surface area contributed by atoms with E-state index < -0.39 is 0 Å². The van der Waals surface area contributed by atoms with Crippen LogP contribution in [0.2, 0.25) is 0 Å². The predicted molar refractivity (Wildman–Crippen MR) is 92.0 cm³/mol. The van der Waals surface area contributed by atoms with Gasteiger partial charge in [0.2, 0.25) is 5.91 Å².